The fraction of sp³-hybridized carbons (Fsp3) is 0.316. The molecule has 0 spiro atoms. The lowest BCUT2D eigenvalue weighted by Crippen LogP contribution is -2.05. The first kappa shape index (κ1) is 15.3. The van der Waals surface area contributed by atoms with Gasteiger partial charge in [-0.1, -0.05) is 45.0 Å². The molecule has 0 saturated heterocycles. The van der Waals surface area contributed by atoms with Crippen LogP contribution in [0.15, 0.2) is 36.4 Å². The van der Waals surface area contributed by atoms with Crippen molar-refractivity contribution in [2.45, 2.75) is 40.0 Å². The average molecular weight is 282 g/mol. The minimum atomic E-state index is -0.117. The molecule has 0 aliphatic carbocycles. The average Bonchev–Trinajstić information content (AvgIpc) is 2.49. The van der Waals surface area contributed by atoms with E-state index in [-0.39, 0.29) is 11.5 Å². The van der Waals surface area contributed by atoms with Crippen LogP contribution in [0.1, 0.15) is 59.3 Å². The maximum absolute atomic E-state index is 12.7. The molecular weight excluding hydrogens is 260 g/mol. The minimum Gasteiger partial charge on any atom is -0.507 e. The van der Waals surface area contributed by atoms with Crippen LogP contribution in [0.25, 0.3) is 0 Å². The molecule has 0 aliphatic heterocycles. The molecule has 1 N–H and O–H groups in total. The quantitative estimate of drug-likeness (QED) is 0.831. The van der Waals surface area contributed by atoms with Crippen molar-refractivity contribution in [2.75, 3.05) is 0 Å². The van der Waals surface area contributed by atoms with Gasteiger partial charge in [0.25, 0.3) is 0 Å². The lowest BCUT2D eigenvalue weighted by Gasteiger charge is -2.13. The Bertz CT molecular complexity index is 669. The number of ketones is 1. The fourth-order valence-corrected chi connectivity index (χ4v) is 2.40. The molecule has 0 radical (unpaired) electrons. The van der Waals surface area contributed by atoms with Gasteiger partial charge in [-0.3, -0.25) is 4.79 Å². The molecule has 0 unspecified atom stereocenters. The van der Waals surface area contributed by atoms with Crippen LogP contribution in [-0.2, 0) is 6.42 Å². The Hall–Kier alpha value is -2.09. The van der Waals surface area contributed by atoms with Gasteiger partial charge < -0.3 is 5.11 Å². The van der Waals surface area contributed by atoms with Crippen LogP contribution in [0.3, 0.4) is 0 Å². The van der Waals surface area contributed by atoms with Crippen LogP contribution in [-0.4, -0.2) is 10.9 Å². The summed E-state index contributed by atoms with van der Waals surface area (Å²) in [6.45, 7) is 8.06. The van der Waals surface area contributed by atoms with Crippen molar-refractivity contribution in [3.8, 4) is 5.75 Å². The van der Waals surface area contributed by atoms with E-state index >= 15 is 0 Å². The lowest BCUT2D eigenvalue weighted by molar-refractivity contribution is 0.103. The first-order valence-corrected chi connectivity index (χ1v) is 7.41. The highest BCUT2D eigenvalue weighted by Gasteiger charge is 2.17. The molecule has 0 saturated carbocycles. The van der Waals surface area contributed by atoms with Crippen molar-refractivity contribution in [2.24, 2.45) is 0 Å². The summed E-state index contributed by atoms with van der Waals surface area (Å²) in [7, 11) is 0. The number of rotatable bonds is 4. The summed E-state index contributed by atoms with van der Waals surface area (Å²) in [5, 5.41) is 10.2. The van der Waals surface area contributed by atoms with E-state index in [1.54, 1.807) is 6.07 Å². The largest absolute Gasteiger partial charge is 0.507 e. The van der Waals surface area contributed by atoms with Crippen molar-refractivity contribution in [3.05, 3.63) is 64.2 Å². The van der Waals surface area contributed by atoms with Crippen molar-refractivity contribution >= 4 is 5.78 Å². The van der Waals surface area contributed by atoms with Gasteiger partial charge >= 0.3 is 0 Å². The van der Waals surface area contributed by atoms with E-state index in [0.29, 0.717) is 17.0 Å². The lowest BCUT2D eigenvalue weighted by atomic mass is 9.93. The molecule has 2 nitrogen and oxygen atoms in total. The topological polar surface area (TPSA) is 37.3 Å². The maximum Gasteiger partial charge on any atom is 0.196 e. The molecule has 2 rings (SSSR count). The fourth-order valence-electron chi connectivity index (χ4n) is 2.40. The number of benzene rings is 2. The molecule has 0 atom stereocenters. The number of carbonyl (C=O) groups is 1. The molecular formula is C19H22O2. The zero-order chi connectivity index (χ0) is 15.6. The van der Waals surface area contributed by atoms with Gasteiger partial charge in [0, 0.05) is 5.56 Å². The molecule has 0 amide bonds. The molecule has 0 aliphatic rings. The molecule has 2 heteroatoms. The molecule has 0 heterocycles. The Morgan fingerprint density at radius 3 is 2.52 bits per heavy atom. The third kappa shape index (κ3) is 3.15. The second kappa shape index (κ2) is 6.13. The molecule has 110 valence electrons. The van der Waals surface area contributed by atoms with Crippen LogP contribution in [0, 0.1) is 6.92 Å². The van der Waals surface area contributed by atoms with Gasteiger partial charge in [-0.15, -0.1) is 0 Å². The second-order valence-corrected chi connectivity index (χ2v) is 5.77. The van der Waals surface area contributed by atoms with Crippen LogP contribution >= 0.6 is 0 Å². The normalized spacial score (nSPS) is 10.9. The number of hydrogen-bond donors (Lipinski definition) is 1. The van der Waals surface area contributed by atoms with Crippen LogP contribution in [0.4, 0.5) is 0 Å². The summed E-state index contributed by atoms with van der Waals surface area (Å²) in [4.78, 5) is 12.7. The highest BCUT2D eigenvalue weighted by molar-refractivity contribution is 6.11. The summed E-state index contributed by atoms with van der Waals surface area (Å²) >= 11 is 0. The Morgan fingerprint density at radius 2 is 1.90 bits per heavy atom. The minimum absolute atomic E-state index is 0.0892. The summed E-state index contributed by atoms with van der Waals surface area (Å²) in [6.07, 6.45) is 0.887. The molecule has 2 aromatic rings. The van der Waals surface area contributed by atoms with Crippen molar-refractivity contribution in [1.29, 1.82) is 0 Å². The van der Waals surface area contributed by atoms with E-state index in [1.807, 2.05) is 37.3 Å². The van der Waals surface area contributed by atoms with Gasteiger partial charge in [0.05, 0.1) is 5.56 Å². The number of aromatic hydroxyl groups is 1. The number of phenols is 1. The Morgan fingerprint density at radius 1 is 1.19 bits per heavy atom. The second-order valence-electron chi connectivity index (χ2n) is 5.77. The van der Waals surface area contributed by atoms with Crippen LogP contribution in [0.5, 0.6) is 5.75 Å². The van der Waals surface area contributed by atoms with E-state index < -0.39 is 0 Å². The third-order valence-electron chi connectivity index (χ3n) is 3.83. The van der Waals surface area contributed by atoms with Crippen LogP contribution < -0.4 is 0 Å². The van der Waals surface area contributed by atoms with E-state index in [1.165, 1.54) is 0 Å². The number of hydrogen-bond acceptors (Lipinski definition) is 2. The van der Waals surface area contributed by atoms with E-state index in [4.69, 9.17) is 0 Å². The molecule has 0 aromatic heterocycles. The van der Waals surface area contributed by atoms with E-state index in [2.05, 4.69) is 20.8 Å². The van der Waals surface area contributed by atoms with Gasteiger partial charge in [-0.2, -0.15) is 0 Å². The molecule has 0 fully saturated rings. The number of carbonyl (C=O) groups excluding carboxylic acids is 1. The van der Waals surface area contributed by atoms with Crippen LogP contribution in [0.2, 0.25) is 0 Å². The molecule has 0 bridgehead atoms. The Labute approximate surface area is 126 Å². The predicted octanol–water partition coefficient (Wildman–Crippen LogP) is 4.62. The third-order valence-corrected chi connectivity index (χ3v) is 3.83. The van der Waals surface area contributed by atoms with Gasteiger partial charge in [-0.05, 0) is 48.1 Å². The van der Waals surface area contributed by atoms with Gasteiger partial charge in [0.1, 0.15) is 5.75 Å². The van der Waals surface area contributed by atoms with Crippen molar-refractivity contribution < 1.29 is 9.90 Å². The van der Waals surface area contributed by atoms with Gasteiger partial charge in [0.15, 0.2) is 5.78 Å². The standard InChI is InChI=1S/C19H22O2/c1-5-14-7-6-8-15(10-14)19(21)17-11-16(12(2)3)9-13(4)18(17)20/h6-12,20H,5H2,1-4H3. The summed E-state index contributed by atoms with van der Waals surface area (Å²) in [5.41, 5.74) is 3.96. The highest BCUT2D eigenvalue weighted by Crippen LogP contribution is 2.29. The molecule has 2 aromatic carbocycles. The van der Waals surface area contributed by atoms with Crippen molar-refractivity contribution in [3.63, 3.8) is 0 Å². The number of phenolic OH excluding ortho intramolecular Hbond substituents is 1. The smallest absolute Gasteiger partial charge is 0.196 e. The van der Waals surface area contributed by atoms with Gasteiger partial charge in [-0.25, -0.2) is 0 Å². The van der Waals surface area contributed by atoms with E-state index in [0.717, 1.165) is 23.1 Å². The predicted molar refractivity (Wildman–Crippen MR) is 86.2 cm³/mol. The zero-order valence-electron chi connectivity index (χ0n) is 13.1. The Balaban J connectivity index is 2.52. The zero-order valence-corrected chi connectivity index (χ0v) is 13.1. The number of aryl methyl sites for hydroxylation is 2. The Kier molecular flexibility index (Phi) is 4.46. The summed E-state index contributed by atoms with van der Waals surface area (Å²) in [6, 6.07) is 11.4. The monoisotopic (exact) mass is 282 g/mol. The van der Waals surface area contributed by atoms with Crippen molar-refractivity contribution in [1.82, 2.24) is 0 Å². The van der Waals surface area contributed by atoms with Gasteiger partial charge in [0.2, 0.25) is 0 Å². The first-order valence-electron chi connectivity index (χ1n) is 7.41. The SMILES string of the molecule is CCc1cccc(C(=O)c2cc(C(C)C)cc(C)c2O)c1. The summed E-state index contributed by atoms with van der Waals surface area (Å²) in [5.74, 6) is 0.289. The maximum atomic E-state index is 12.7. The first-order chi connectivity index (χ1) is 9.93. The molecule has 21 heavy (non-hydrogen) atoms. The summed E-state index contributed by atoms with van der Waals surface area (Å²) < 4.78 is 0. The van der Waals surface area contributed by atoms with E-state index in [9.17, 15) is 9.90 Å². The highest BCUT2D eigenvalue weighted by atomic mass is 16.3.